The van der Waals surface area contributed by atoms with Crippen molar-refractivity contribution in [3.05, 3.63) is 46.5 Å². The summed E-state index contributed by atoms with van der Waals surface area (Å²) in [6.45, 7) is 17.4. The summed E-state index contributed by atoms with van der Waals surface area (Å²) in [7, 11) is 12.1. The highest BCUT2D eigenvalue weighted by atomic mass is 35.5. The number of thioether (sulfide) groups is 1. The Bertz CT molecular complexity index is 2460. The minimum absolute atomic E-state index is 0.0104. The van der Waals surface area contributed by atoms with Crippen LogP contribution in [0.3, 0.4) is 0 Å². The zero-order chi connectivity index (χ0) is 58.9. The Hall–Kier alpha value is -4.15. The van der Waals surface area contributed by atoms with Gasteiger partial charge in [-0.2, -0.15) is 0 Å². The number of carbonyl (C=O) groups is 7. The van der Waals surface area contributed by atoms with E-state index in [9.17, 15) is 38.7 Å². The fraction of sp³-hybridized carbons (Fsp3) is 0.702. The van der Waals surface area contributed by atoms with Gasteiger partial charge in [-0.15, -0.1) is 11.8 Å². The first-order valence-electron chi connectivity index (χ1n) is 27.2. The molecule has 5 amide bonds. The van der Waals surface area contributed by atoms with Crippen LogP contribution < -0.4 is 15.0 Å². The van der Waals surface area contributed by atoms with Gasteiger partial charge in [-0.1, -0.05) is 101 Å². The summed E-state index contributed by atoms with van der Waals surface area (Å²) in [6, 6.07) is 2.56. The predicted octanol–water partition coefficient (Wildman–Crippen LogP) is 9.47. The number of benzene rings is 1. The number of amides is 5. The predicted molar refractivity (Wildman–Crippen MR) is 312 cm³/mol. The van der Waals surface area contributed by atoms with Crippen molar-refractivity contribution in [3.63, 3.8) is 0 Å². The summed E-state index contributed by atoms with van der Waals surface area (Å²) >= 11 is 8.28. The highest BCUT2D eigenvalue weighted by Gasteiger charge is 2.62. The molecule has 2 saturated carbocycles. The lowest BCUT2D eigenvalue weighted by molar-refractivity contribution is -0.163. The third-order valence-corrected chi connectivity index (χ3v) is 20.9. The van der Waals surface area contributed by atoms with Crippen LogP contribution in [0.1, 0.15) is 126 Å². The van der Waals surface area contributed by atoms with E-state index in [1.165, 1.54) is 69.3 Å². The minimum atomic E-state index is -1.82. The van der Waals surface area contributed by atoms with E-state index in [0.717, 1.165) is 36.8 Å². The van der Waals surface area contributed by atoms with Gasteiger partial charge in [-0.3, -0.25) is 24.5 Å². The van der Waals surface area contributed by atoms with Crippen molar-refractivity contribution < 1.29 is 62.4 Å². The highest BCUT2D eigenvalue weighted by Crippen LogP contribution is 2.61. The van der Waals surface area contributed by atoms with Crippen molar-refractivity contribution in [2.45, 2.75) is 173 Å². The SMILES string of the molecule is COc1cc2cc(c1Cl)N(C)C(=O)C[C@H](OC(=O)[C@H](C)N(C)C(=O)CCC(C)(C)SCC(=O)N(C)CCN(C)C(=O)O[C@H]1CCCC[C@@H]1SSC(=O)C(C)(C)C)[C@@]1(C)C[C@H]1[C@H](C)[C@@H]1C[C@@](O)(NC(=O)O1)[C@H](OC)/C=C/C=C(\C)C2. The number of aliphatic hydroxyl groups is 1. The van der Waals surface area contributed by atoms with Gasteiger partial charge in [0.05, 0.1) is 30.2 Å². The van der Waals surface area contributed by atoms with Crippen LogP contribution in [-0.2, 0) is 49.3 Å². The van der Waals surface area contributed by atoms with Gasteiger partial charge in [-0.25, -0.2) is 14.4 Å². The van der Waals surface area contributed by atoms with Gasteiger partial charge in [0.2, 0.25) is 22.8 Å². The Morgan fingerprint density at radius 3 is 2.32 bits per heavy atom. The number of nitrogens with zero attached hydrogens (tertiary/aromatic N) is 4. The maximum absolute atomic E-state index is 14.5. The van der Waals surface area contributed by atoms with Crippen LogP contribution in [-0.4, -0.2) is 168 Å². The van der Waals surface area contributed by atoms with Crippen LogP contribution in [0, 0.1) is 22.7 Å². The first-order chi connectivity index (χ1) is 36.8. The molecule has 0 spiro atoms. The fourth-order valence-electron chi connectivity index (χ4n) is 10.1. The van der Waals surface area contributed by atoms with Crippen molar-refractivity contribution in [1.82, 2.24) is 20.0 Å². The van der Waals surface area contributed by atoms with E-state index in [1.807, 2.05) is 67.5 Å². The molecule has 79 heavy (non-hydrogen) atoms. The molecule has 0 unspecified atom stereocenters. The van der Waals surface area contributed by atoms with Crippen LogP contribution in [0.2, 0.25) is 5.02 Å². The number of allylic oxidation sites excluding steroid dienone is 3. The zero-order valence-corrected chi connectivity index (χ0v) is 52.1. The van der Waals surface area contributed by atoms with E-state index in [0.29, 0.717) is 30.7 Å². The number of fused-ring (bicyclic) bond motifs is 5. The quantitative estimate of drug-likeness (QED) is 0.0845. The van der Waals surface area contributed by atoms with Crippen molar-refractivity contribution >= 4 is 91.6 Å². The second kappa shape index (κ2) is 27.7. The number of rotatable bonds is 17. The summed E-state index contributed by atoms with van der Waals surface area (Å²) in [6.07, 6.45) is 5.71. The molecule has 22 heteroatoms. The summed E-state index contributed by atoms with van der Waals surface area (Å²) in [4.78, 5) is 101. The van der Waals surface area contributed by atoms with Crippen LogP contribution in [0.4, 0.5) is 15.3 Å². The number of hydrogen-bond acceptors (Lipinski definition) is 16. The summed E-state index contributed by atoms with van der Waals surface area (Å²) < 4.78 is 28.9. The number of ether oxygens (including phenoxy) is 5. The number of methoxy groups -OCH3 is 2. The van der Waals surface area contributed by atoms with E-state index in [-0.39, 0.29) is 83.2 Å². The molecule has 10 atom stereocenters. The lowest BCUT2D eigenvalue weighted by Gasteiger charge is -2.42. The molecule has 0 aromatic heterocycles. The van der Waals surface area contributed by atoms with Crippen molar-refractivity contribution in [3.8, 4) is 5.75 Å². The number of esters is 1. The lowest BCUT2D eigenvalue weighted by Crippen LogP contribution is -2.63. The van der Waals surface area contributed by atoms with Crippen LogP contribution in [0.15, 0.2) is 35.9 Å². The molecule has 1 saturated heterocycles. The van der Waals surface area contributed by atoms with E-state index < -0.39 is 69.7 Å². The number of carbonyl (C=O) groups excluding carboxylic acids is 7. The summed E-state index contributed by atoms with van der Waals surface area (Å²) in [5.74, 6) is -1.65. The number of alkyl carbamates (subject to hydrolysis) is 1. The van der Waals surface area contributed by atoms with Crippen LogP contribution in [0.25, 0.3) is 0 Å². The second-order valence-electron chi connectivity index (χ2n) is 23.7. The summed E-state index contributed by atoms with van der Waals surface area (Å²) in [5, 5.41) is 14.8. The molecule has 2 aliphatic carbocycles. The molecule has 2 N–H and O–H groups in total. The van der Waals surface area contributed by atoms with Gasteiger partial charge >= 0.3 is 18.2 Å². The number of halogens is 1. The molecule has 5 rings (SSSR count). The molecule has 1 aromatic carbocycles. The van der Waals surface area contributed by atoms with Gasteiger partial charge in [0.1, 0.15) is 41.2 Å². The number of likely N-dealkylation sites (N-methyl/N-ethyl adjacent to an activating group) is 3. The number of nitrogens with one attached hydrogen (secondary N) is 1. The fourth-order valence-corrected chi connectivity index (χ4v) is 14.4. The van der Waals surface area contributed by atoms with Gasteiger partial charge in [-0.05, 0) is 92.7 Å². The molecule has 18 nitrogen and oxygen atoms in total. The van der Waals surface area contributed by atoms with E-state index in [4.69, 9.17) is 35.3 Å². The average molecular weight is 1180 g/mol. The standard InChI is InChI=1S/C57H86ClN5O13S3/c1-34-19-18-22-44(73-15)57(71)32-42(74-52(69)59-57)35(2)38-31-56(38,9)45(30-47(65)63(13)39-28-37(27-34)29-41(72-14)49(39)58)76-50(67)36(3)62(12)46(64)23-24-55(7,8)77-33-48(66)60(10)25-26-61(11)53(70)75-40-20-16-17-21-43(40)78-79-51(68)54(4,5)6/h18-19,22,28-29,35-36,38,40,42-45,71H,16-17,20-21,23-27,30-33H2,1-15H3,(H,59,69)/b22-18+,34-19+/t35-,36-,38-,40-,42-,43-,44+,45-,56-,57-/m0/s1. The first-order valence-corrected chi connectivity index (χ1v) is 30.8. The molecule has 4 aliphatic rings. The molecular formula is C57H86ClN5O13S3. The Balaban J connectivity index is 1.21. The maximum atomic E-state index is 14.5. The Morgan fingerprint density at radius 2 is 1.66 bits per heavy atom. The Kier molecular flexibility index (Phi) is 23.1. The average Bonchev–Trinajstić information content (AvgIpc) is 4.13. The smallest absolute Gasteiger partial charge is 0.409 e. The van der Waals surface area contributed by atoms with E-state index in [2.05, 4.69) is 5.32 Å². The molecule has 0 radical (unpaired) electrons. The molecule has 442 valence electrons. The van der Waals surface area contributed by atoms with Crippen molar-refractivity contribution in [2.24, 2.45) is 22.7 Å². The van der Waals surface area contributed by atoms with Crippen LogP contribution in [0.5, 0.6) is 5.75 Å². The van der Waals surface area contributed by atoms with Gasteiger partial charge in [0.25, 0.3) is 0 Å². The largest absolute Gasteiger partial charge is 0.495 e. The summed E-state index contributed by atoms with van der Waals surface area (Å²) in [5.41, 5.74) is -0.954. The molecule has 1 aromatic rings. The topological polar surface area (TPSA) is 211 Å². The third kappa shape index (κ3) is 17.4. The lowest BCUT2D eigenvalue weighted by atomic mass is 9.83. The minimum Gasteiger partial charge on any atom is -0.495 e. The van der Waals surface area contributed by atoms with Gasteiger partial charge in [0, 0.05) is 76.8 Å². The monoisotopic (exact) mass is 1180 g/mol. The van der Waals surface area contributed by atoms with Crippen molar-refractivity contribution in [1.29, 1.82) is 0 Å². The normalized spacial score (nSPS) is 28.1. The van der Waals surface area contributed by atoms with Gasteiger partial charge < -0.3 is 48.4 Å². The number of hydrogen-bond donors (Lipinski definition) is 2. The van der Waals surface area contributed by atoms with E-state index in [1.54, 1.807) is 51.2 Å². The third-order valence-electron chi connectivity index (χ3n) is 16.0. The van der Waals surface area contributed by atoms with Gasteiger partial charge in [0.15, 0.2) is 5.72 Å². The second-order valence-corrected chi connectivity index (χ2v) is 28.2. The van der Waals surface area contributed by atoms with E-state index >= 15 is 0 Å². The zero-order valence-electron chi connectivity index (χ0n) is 48.9. The Labute approximate surface area is 485 Å². The molecule has 2 heterocycles. The highest BCUT2D eigenvalue weighted by molar-refractivity contribution is 8.82. The molecular weight excluding hydrogens is 1090 g/mol. The Morgan fingerprint density at radius 1 is 0.987 bits per heavy atom. The first kappa shape index (κ1) is 65.7. The number of anilines is 1. The molecule has 2 aliphatic heterocycles. The van der Waals surface area contributed by atoms with Crippen LogP contribution >= 0.6 is 45.0 Å². The molecule has 4 bridgehead atoms. The maximum Gasteiger partial charge on any atom is 0.409 e. The van der Waals surface area contributed by atoms with Crippen molar-refractivity contribution in [2.75, 3.05) is 66.2 Å². The molecule has 3 fully saturated rings.